The minimum Gasteiger partial charge on any atom is -0.444 e. The van der Waals surface area contributed by atoms with Crippen molar-refractivity contribution in [2.45, 2.75) is 39.2 Å². The van der Waals surface area contributed by atoms with E-state index in [0.29, 0.717) is 19.4 Å². The third-order valence-corrected chi connectivity index (χ3v) is 3.60. The largest absolute Gasteiger partial charge is 0.444 e. The zero-order valence-electron chi connectivity index (χ0n) is 13.8. The molecular formula is C17H23FN2O3. The monoisotopic (exact) mass is 322 g/mol. The van der Waals surface area contributed by atoms with Gasteiger partial charge in [-0.15, -0.1) is 5.12 Å². The van der Waals surface area contributed by atoms with Crippen LogP contribution < -0.4 is 5.12 Å². The molecule has 23 heavy (non-hydrogen) atoms. The van der Waals surface area contributed by atoms with E-state index in [9.17, 15) is 14.1 Å². The lowest BCUT2D eigenvalue weighted by Crippen LogP contribution is -2.46. The Kier molecular flexibility index (Phi) is 5.23. The second kappa shape index (κ2) is 6.98. The third-order valence-electron chi connectivity index (χ3n) is 3.60. The minimum absolute atomic E-state index is 0.170. The summed E-state index contributed by atoms with van der Waals surface area (Å²) in [5.41, 5.74) is -0.392. The molecule has 1 heterocycles. The number of halogens is 1. The Balaban J connectivity index is 2.00. The minimum atomic E-state index is -0.621. The lowest BCUT2D eigenvalue weighted by molar-refractivity contribution is -0.126. The zero-order chi connectivity index (χ0) is 17.0. The molecule has 0 saturated carbocycles. The van der Waals surface area contributed by atoms with Gasteiger partial charge in [-0.2, -0.15) is 0 Å². The highest BCUT2D eigenvalue weighted by atomic mass is 19.2. The summed E-state index contributed by atoms with van der Waals surface area (Å²) in [6.07, 6.45) is 0.754. The van der Waals surface area contributed by atoms with Gasteiger partial charge in [-0.3, -0.25) is 4.79 Å². The van der Waals surface area contributed by atoms with Crippen LogP contribution in [0.5, 0.6) is 0 Å². The number of amides is 2. The Labute approximate surface area is 135 Å². The molecule has 1 aromatic carbocycles. The van der Waals surface area contributed by atoms with Crippen LogP contribution in [0.15, 0.2) is 30.3 Å². The van der Waals surface area contributed by atoms with Gasteiger partial charge in [-0.25, -0.2) is 4.79 Å². The molecule has 1 unspecified atom stereocenters. The second-order valence-electron chi connectivity index (χ2n) is 6.72. The van der Waals surface area contributed by atoms with E-state index >= 15 is 0 Å². The molecule has 6 heteroatoms. The molecule has 1 fully saturated rings. The second-order valence-corrected chi connectivity index (χ2v) is 6.72. The zero-order valence-corrected chi connectivity index (χ0v) is 13.8. The highest BCUT2D eigenvalue weighted by Crippen LogP contribution is 2.24. The number of para-hydroxylation sites is 1. The first kappa shape index (κ1) is 17.2. The number of rotatable bonds is 2. The number of hydrogen-bond acceptors (Lipinski definition) is 3. The van der Waals surface area contributed by atoms with Crippen LogP contribution >= 0.6 is 0 Å². The van der Waals surface area contributed by atoms with Gasteiger partial charge in [0.1, 0.15) is 5.60 Å². The highest BCUT2D eigenvalue weighted by Gasteiger charge is 2.33. The fourth-order valence-electron chi connectivity index (χ4n) is 2.52. The number of carbonyl (C=O) groups excluding carboxylic acids is 2. The van der Waals surface area contributed by atoms with Gasteiger partial charge < -0.3 is 9.64 Å². The Hall–Kier alpha value is -2.11. The smallest absolute Gasteiger partial charge is 0.410 e. The topological polar surface area (TPSA) is 49.9 Å². The van der Waals surface area contributed by atoms with Crippen LogP contribution in [0.3, 0.4) is 0 Å². The van der Waals surface area contributed by atoms with E-state index in [1.165, 1.54) is 17.0 Å². The molecule has 126 valence electrons. The van der Waals surface area contributed by atoms with Crippen LogP contribution in [0.2, 0.25) is 0 Å². The van der Waals surface area contributed by atoms with Crippen LogP contribution in [-0.4, -0.2) is 35.6 Å². The Morgan fingerprint density at radius 3 is 2.52 bits per heavy atom. The van der Waals surface area contributed by atoms with Crippen molar-refractivity contribution in [3.05, 3.63) is 30.3 Å². The van der Waals surface area contributed by atoms with Crippen molar-refractivity contribution in [1.29, 1.82) is 0 Å². The van der Waals surface area contributed by atoms with Crippen LogP contribution in [0.1, 0.15) is 33.6 Å². The van der Waals surface area contributed by atoms with Crippen LogP contribution in [0, 0.1) is 5.92 Å². The van der Waals surface area contributed by atoms with Gasteiger partial charge in [0.2, 0.25) is 0 Å². The molecule has 1 aromatic rings. The average molecular weight is 322 g/mol. The SMILES string of the molecule is CC(C)(C)OC(=O)N1CCCC(C(=O)N(F)c2ccccc2)C1. The van der Waals surface area contributed by atoms with E-state index in [0.717, 1.165) is 0 Å². The molecule has 1 atom stereocenters. The molecule has 0 N–H and O–H groups in total. The normalized spacial score (nSPS) is 18.4. The third kappa shape index (κ3) is 4.68. The molecule has 2 amide bonds. The van der Waals surface area contributed by atoms with Crippen LogP contribution in [0.25, 0.3) is 0 Å². The lowest BCUT2D eigenvalue weighted by Gasteiger charge is -2.34. The van der Waals surface area contributed by atoms with Gasteiger partial charge in [0.25, 0.3) is 5.91 Å². The van der Waals surface area contributed by atoms with E-state index in [1.54, 1.807) is 39.0 Å². The Bertz CT molecular complexity index is 557. The van der Waals surface area contributed by atoms with Gasteiger partial charge in [-0.05, 0) is 45.7 Å². The number of anilines is 1. The van der Waals surface area contributed by atoms with E-state index in [2.05, 4.69) is 0 Å². The summed E-state index contributed by atoms with van der Waals surface area (Å²) in [5.74, 6) is -1.18. The molecule has 1 aliphatic rings. The fraction of sp³-hybridized carbons (Fsp3) is 0.529. The van der Waals surface area contributed by atoms with Crippen molar-refractivity contribution in [2.24, 2.45) is 5.92 Å². The van der Waals surface area contributed by atoms with Crippen molar-refractivity contribution >= 4 is 17.7 Å². The first-order valence-corrected chi connectivity index (χ1v) is 7.80. The summed E-state index contributed by atoms with van der Waals surface area (Å²) in [5, 5.41) is 0.170. The van der Waals surface area contributed by atoms with Gasteiger partial charge in [0, 0.05) is 13.1 Å². The molecule has 1 saturated heterocycles. The van der Waals surface area contributed by atoms with Gasteiger partial charge in [0.05, 0.1) is 11.6 Å². The number of carbonyl (C=O) groups is 2. The Morgan fingerprint density at radius 1 is 1.26 bits per heavy atom. The predicted molar refractivity (Wildman–Crippen MR) is 85.6 cm³/mol. The van der Waals surface area contributed by atoms with Gasteiger partial charge >= 0.3 is 6.09 Å². The Morgan fingerprint density at radius 2 is 1.91 bits per heavy atom. The van der Waals surface area contributed by atoms with Crippen molar-refractivity contribution in [2.75, 3.05) is 18.2 Å². The fourth-order valence-corrected chi connectivity index (χ4v) is 2.52. The quantitative estimate of drug-likeness (QED) is 0.782. The molecule has 0 aromatic heterocycles. The van der Waals surface area contributed by atoms with Crippen LogP contribution in [0.4, 0.5) is 15.0 Å². The van der Waals surface area contributed by atoms with Gasteiger partial charge in [-0.1, -0.05) is 22.7 Å². The summed E-state index contributed by atoms with van der Waals surface area (Å²) < 4.78 is 19.6. The summed E-state index contributed by atoms with van der Waals surface area (Å²) in [4.78, 5) is 25.9. The number of likely N-dealkylation sites (tertiary alicyclic amines) is 1. The lowest BCUT2D eigenvalue weighted by atomic mass is 9.97. The van der Waals surface area contributed by atoms with Crippen molar-refractivity contribution in [3.63, 3.8) is 0 Å². The summed E-state index contributed by atoms with van der Waals surface area (Å²) >= 11 is 0. The molecule has 5 nitrogen and oxygen atoms in total. The first-order chi connectivity index (χ1) is 10.8. The molecule has 2 rings (SSSR count). The predicted octanol–water partition coefficient (Wildman–Crippen LogP) is 3.55. The number of benzene rings is 1. The average Bonchev–Trinajstić information content (AvgIpc) is 2.53. The summed E-state index contributed by atoms with van der Waals surface area (Å²) in [7, 11) is 0. The van der Waals surface area contributed by atoms with Crippen molar-refractivity contribution in [3.8, 4) is 0 Å². The number of piperidine rings is 1. The molecule has 0 spiro atoms. The number of ether oxygens (including phenoxy) is 1. The highest BCUT2D eigenvalue weighted by molar-refractivity contribution is 5.93. The molecule has 1 aliphatic heterocycles. The first-order valence-electron chi connectivity index (χ1n) is 7.80. The molecule has 0 bridgehead atoms. The van der Waals surface area contributed by atoms with E-state index < -0.39 is 23.5 Å². The molecular weight excluding hydrogens is 299 g/mol. The van der Waals surface area contributed by atoms with E-state index in [-0.39, 0.29) is 17.4 Å². The maximum atomic E-state index is 14.3. The van der Waals surface area contributed by atoms with E-state index in [1.807, 2.05) is 0 Å². The number of nitrogens with zero attached hydrogens (tertiary/aromatic N) is 2. The van der Waals surface area contributed by atoms with Crippen LogP contribution in [-0.2, 0) is 9.53 Å². The standard InChI is InChI=1S/C17H23FN2O3/c1-17(2,3)23-16(22)19-11-7-8-13(12-19)15(21)20(18)14-9-5-4-6-10-14/h4-6,9-10,13H,7-8,11-12H2,1-3H3. The summed E-state index contributed by atoms with van der Waals surface area (Å²) in [6, 6.07) is 8.16. The molecule has 0 radical (unpaired) electrons. The molecule has 0 aliphatic carbocycles. The van der Waals surface area contributed by atoms with Gasteiger partial charge in [0.15, 0.2) is 0 Å². The maximum absolute atomic E-state index is 14.3. The van der Waals surface area contributed by atoms with E-state index in [4.69, 9.17) is 4.74 Å². The maximum Gasteiger partial charge on any atom is 0.410 e. The van der Waals surface area contributed by atoms with Crippen molar-refractivity contribution < 1.29 is 18.8 Å². The summed E-state index contributed by atoms with van der Waals surface area (Å²) in [6.45, 7) is 6.07. The van der Waals surface area contributed by atoms with Crippen molar-refractivity contribution in [1.82, 2.24) is 4.90 Å². The number of hydrogen-bond donors (Lipinski definition) is 0.